The van der Waals surface area contributed by atoms with Gasteiger partial charge in [0.1, 0.15) is 0 Å². The number of aryl methyl sites for hydroxylation is 1. The molecule has 3 heteroatoms. The van der Waals surface area contributed by atoms with E-state index in [1.165, 1.54) is 29.5 Å². The smallest absolute Gasteiger partial charge is 0.227 e. The van der Waals surface area contributed by atoms with E-state index in [1.54, 1.807) is 0 Å². The van der Waals surface area contributed by atoms with E-state index < -0.39 is 0 Å². The second kappa shape index (κ2) is 10.6. The Morgan fingerprint density at radius 2 is 1.59 bits per heavy atom. The Hall–Kier alpha value is -2.13. The molecule has 2 aromatic rings. The van der Waals surface area contributed by atoms with E-state index in [1.807, 2.05) is 18.0 Å². The van der Waals surface area contributed by atoms with E-state index in [9.17, 15) is 4.79 Å². The number of hydrogen-bond acceptors (Lipinski definition) is 2. The van der Waals surface area contributed by atoms with E-state index in [-0.39, 0.29) is 11.9 Å². The number of amides is 1. The molecule has 1 heterocycles. The van der Waals surface area contributed by atoms with Gasteiger partial charge in [-0.15, -0.1) is 0 Å². The molecule has 1 atom stereocenters. The van der Waals surface area contributed by atoms with Crippen LogP contribution in [0.5, 0.6) is 0 Å². The van der Waals surface area contributed by atoms with Gasteiger partial charge in [-0.3, -0.25) is 4.79 Å². The van der Waals surface area contributed by atoms with Gasteiger partial charge in [-0.2, -0.15) is 0 Å². The standard InChI is InChI=1S/C26H36N2O/c1-21(2)15-16-22-11-7-8-14-24(22)19-26(29)27(3)25(20-28-17-9-10-18-28)23-12-5-4-6-13-23/h4-8,11-14,21,25H,9-10,15-20H2,1-3H3/t25-/m1/s1. The van der Waals surface area contributed by atoms with Gasteiger partial charge < -0.3 is 9.80 Å². The Kier molecular flexibility index (Phi) is 7.88. The maximum absolute atomic E-state index is 13.3. The minimum Gasteiger partial charge on any atom is -0.337 e. The third-order valence-electron chi connectivity index (χ3n) is 6.13. The summed E-state index contributed by atoms with van der Waals surface area (Å²) in [5.74, 6) is 0.874. The topological polar surface area (TPSA) is 23.6 Å². The average Bonchev–Trinajstić information content (AvgIpc) is 3.24. The highest BCUT2D eigenvalue weighted by Gasteiger charge is 2.25. The molecule has 156 valence electrons. The summed E-state index contributed by atoms with van der Waals surface area (Å²) < 4.78 is 0. The molecule has 1 aliphatic heterocycles. The zero-order valence-corrected chi connectivity index (χ0v) is 18.3. The van der Waals surface area contributed by atoms with Crippen molar-refractivity contribution in [3.05, 3.63) is 71.3 Å². The third kappa shape index (κ3) is 6.17. The van der Waals surface area contributed by atoms with Crippen LogP contribution < -0.4 is 0 Å². The molecule has 1 fully saturated rings. The predicted octanol–water partition coefficient (Wildman–Crippen LogP) is 5.11. The molecule has 0 unspecified atom stereocenters. The summed E-state index contributed by atoms with van der Waals surface area (Å²) in [6.07, 6.45) is 5.21. The normalized spacial score (nSPS) is 15.6. The zero-order valence-electron chi connectivity index (χ0n) is 18.3. The molecule has 1 saturated heterocycles. The summed E-state index contributed by atoms with van der Waals surface area (Å²) in [4.78, 5) is 17.8. The molecule has 1 amide bonds. The van der Waals surface area contributed by atoms with Crippen molar-refractivity contribution < 1.29 is 4.79 Å². The first-order valence-electron chi connectivity index (χ1n) is 11.1. The number of hydrogen-bond donors (Lipinski definition) is 0. The number of carbonyl (C=O) groups excluding carboxylic acids is 1. The minimum atomic E-state index is 0.102. The second-order valence-electron chi connectivity index (χ2n) is 8.82. The first-order valence-corrected chi connectivity index (χ1v) is 11.1. The predicted molar refractivity (Wildman–Crippen MR) is 121 cm³/mol. The molecule has 3 rings (SSSR count). The van der Waals surface area contributed by atoms with Crippen LogP contribution in [0.4, 0.5) is 0 Å². The quantitative estimate of drug-likeness (QED) is 0.592. The van der Waals surface area contributed by atoms with Gasteiger partial charge in [0, 0.05) is 13.6 Å². The Balaban J connectivity index is 1.74. The van der Waals surface area contributed by atoms with Crippen LogP contribution in [-0.4, -0.2) is 42.4 Å². The molecular weight excluding hydrogens is 356 g/mol. The lowest BCUT2D eigenvalue weighted by Gasteiger charge is -2.32. The lowest BCUT2D eigenvalue weighted by atomic mass is 9.96. The van der Waals surface area contributed by atoms with Crippen LogP contribution in [0, 0.1) is 5.92 Å². The Morgan fingerprint density at radius 3 is 2.24 bits per heavy atom. The molecular formula is C26H36N2O. The van der Waals surface area contributed by atoms with E-state index in [0.29, 0.717) is 12.3 Å². The van der Waals surface area contributed by atoms with Crippen molar-refractivity contribution >= 4 is 5.91 Å². The van der Waals surface area contributed by atoms with Gasteiger partial charge in [0.05, 0.1) is 12.5 Å². The Bertz CT molecular complexity index is 765. The zero-order chi connectivity index (χ0) is 20.6. The molecule has 29 heavy (non-hydrogen) atoms. The maximum atomic E-state index is 13.3. The van der Waals surface area contributed by atoms with Gasteiger partial charge in [-0.25, -0.2) is 0 Å². The van der Waals surface area contributed by atoms with Crippen LogP contribution in [0.1, 0.15) is 55.8 Å². The highest BCUT2D eigenvalue weighted by atomic mass is 16.2. The van der Waals surface area contributed by atoms with Crippen LogP contribution in [-0.2, 0) is 17.6 Å². The van der Waals surface area contributed by atoms with Gasteiger partial charge in [-0.05, 0) is 61.4 Å². The van der Waals surface area contributed by atoms with Crippen LogP contribution in [0.25, 0.3) is 0 Å². The monoisotopic (exact) mass is 392 g/mol. The summed E-state index contributed by atoms with van der Waals surface area (Å²) in [5.41, 5.74) is 3.72. The number of benzene rings is 2. The Morgan fingerprint density at radius 1 is 0.966 bits per heavy atom. The van der Waals surface area contributed by atoms with E-state index in [4.69, 9.17) is 0 Å². The molecule has 0 N–H and O–H groups in total. The number of likely N-dealkylation sites (N-methyl/N-ethyl adjacent to an activating group) is 1. The van der Waals surface area contributed by atoms with E-state index >= 15 is 0 Å². The van der Waals surface area contributed by atoms with E-state index in [2.05, 4.69) is 67.3 Å². The molecule has 0 aliphatic carbocycles. The maximum Gasteiger partial charge on any atom is 0.227 e. The molecule has 0 saturated carbocycles. The number of rotatable bonds is 9. The fourth-order valence-electron chi connectivity index (χ4n) is 4.22. The molecule has 2 aromatic carbocycles. The van der Waals surface area contributed by atoms with Crippen LogP contribution in [0.2, 0.25) is 0 Å². The minimum absolute atomic E-state index is 0.102. The van der Waals surface area contributed by atoms with Crippen LogP contribution >= 0.6 is 0 Å². The summed E-state index contributed by atoms with van der Waals surface area (Å²) >= 11 is 0. The van der Waals surface area contributed by atoms with Gasteiger partial charge in [0.2, 0.25) is 5.91 Å². The number of nitrogens with zero attached hydrogens (tertiary/aromatic N) is 2. The van der Waals surface area contributed by atoms with Crippen molar-refractivity contribution in [3.63, 3.8) is 0 Å². The number of likely N-dealkylation sites (tertiary alicyclic amines) is 1. The van der Waals surface area contributed by atoms with Crippen molar-refractivity contribution in [2.45, 2.75) is 52.0 Å². The number of carbonyl (C=O) groups is 1. The van der Waals surface area contributed by atoms with Crippen molar-refractivity contribution in [2.75, 3.05) is 26.7 Å². The molecule has 0 radical (unpaired) electrons. The molecule has 3 nitrogen and oxygen atoms in total. The largest absolute Gasteiger partial charge is 0.337 e. The lowest BCUT2D eigenvalue weighted by molar-refractivity contribution is -0.131. The van der Waals surface area contributed by atoms with Gasteiger partial charge in [0.15, 0.2) is 0 Å². The van der Waals surface area contributed by atoms with Crippen LogP contribution in [0.15, 0.2) is 54.6 Å². The van der Waals surface area contributed by atoms with Crippen LogP contribution in [0.3, 0.4) is 0 Å². The van der Waals surface area contributed by atoms with Crippen molar-refractivity contribution in [2.24, 2.45) is 5.92 Å². The molecule has 0 bridgehead atoms. The van der Waals surface area contributed by atoms with Gasteiger partial charge in [0.25, 0.3) is 0 Å². The third-order valence-corrected chi connectivity index (χ3v) is 6.13. The highest BCUT2D eigenvalue weighted by Crippen LogP contribution is 2.24. The van der Waals surface area contributed by atoms with Gasteiger partial charge >= 0.3 is 0 Å². The average molecular weight is 393 g/mol. The molecule has 0 spiro atoms. The summed E-state index contributed by atoms with van der Waals surface area (Å²) in [6.45, 7) is 7.71. The Labute approximate surface area is 176 Å². The fraction of sp³-hybridized carbons (Fsp3) is 0.500. The highest BCUT2D eigenvalue weighted by molar-refractivity contribution is 5.79. The summed E-state index contributed by atoms with van der Waals surface area (Å²) in [6, 6.07) is 19.1. The van der Waals surface area contributed by atoms with Gasteiger partial charge in [-0.1, -0.05) is 68.4 Å². The molecule has 0 aromatic heterocycles. The lowest BCUT2D eigenvalue weighted by Crippen LogP contribution is -2.39. The van der Waals surface area contributed by atoms with Crippen molar-refractivity contribution in [1.29, 1.82) is 0 Å². The first-order chi connectivity index (χ1) is 14.0. The molecule has 1 aliphatic rings. The SMILES string of the molecule is CC(C)CCc1ccccc1CC(=O)N(C)[C@H](CN1CCCC1)c1ccccc1. The van der Waals surface area contributed by atoms with E-state index in [0.717, 1.165) is 32.5 Å². The summed E-state index contributed by atoms with van der Waals surface area (Å²) in [7, 11) is 1.98. The van der Waals surface area contributed by atoms with Crippen molar-refractivity contribution in [1.82, 2.24) is 9.80 Å². The fourth-order valence-corrected chi connectivity index (χ4v) is 4.22. The summed E-state index contributed by atoms with van der Waals surface area (Å²) in [5, 5.41) is 0. The van der Waals surface area contributed by atoms with Crippen molar-refractivity contribution in [3.8, 4) is 0 Å². The second-order valence-corrected chi connectivity index (χ2v) is 8.82. The first kappa shape index (κ1) is 21.6.